The van der Waals surface area contributed by atoms with Crippen molar-refractivity contribution in [3.05, 3.63) is 94.5 Å². The molecule has 2 amide bonds. The Bertz CT molecular complexity index is 1250. The third-order valence-electron chi connectivity index (χ3n) is 5.24. The van der Waals surface area contributed by atoms with E-state index < -0.39 is 12.1 Å². The van der Waals surface area contributed by atoms with Crippen molar-refractivity contribution in [3.63, 3.8) is 0 Å². The number of anilines is 1. The van der Waals surface area contributed by atoms with E-state index in [0.717, 1.165) is 21.1 Å². The number of imidazole rings is 1. The van der Waals surface area contributed by atoms with Crippen LogP contribution in [0.25, 0.3) is 11.0 Å². The first-order valence-electron chi connectivity index (χ1n) is 9.51. The quantitative estimate of drug-likeness (QED) is 0.482. The van der Waals surface area contributed by atoms with Gasteiger partial charge in [-0.25, -0.2) is 4.98 Å². The van der Waals surface area contributed by atoms with E-state index >= 15 is 0 Å². The Morgan fingerprint density at radius 2 is 1.67 bits per heavy atom. The molecular weight excluding hydrogens is 444 g/mol. The third kappa shape index (κ3) is 3.17. The molecule has 0 radical (unpaired) electrons. The van der Waals surface area contributed by atoms with Crippen molar-refractivity contribution in [2.75, 3.05) is 5.32 Å². The van der Waals surface area contributed by atoms with Crippen LogP contribution in [-0.4, -0.2) is 27.4 Å². The lowest BCUT2D eigenvalue weighted by Gasteiger charge is -2.34. The minimum atomic E-state index is -0.802. The second-order valence-corrected chi connectivity index (χ2v) is 8.01. The molecule has 148 valence electrons. The van der Waals surface area contributed by atoms with E-state index in [-0.39, 0.29) is 11.8 Å². The van der Waals surface area contributed by atoms with Crippen LogP contribution in [0.3, 0.4) is 0 Å². The summed E-state index contributed by atoms with van der Waals surface area (Å²) < 4.78 is 2.92. The average molecular weight is 461 g/mol. The highest BCUT2D eigenvalue weighted by Gasteiger charge is 2.39. The van der Waals surface area contributed by atoms with Crippen molar-refractivity contribution >= 4 is 44.7 Å². The SMILES string of the molecule is O=C(NC1C(=O)Nc2nc3ccccc3n2C1c1ccc(Br)cc1)c1ccccc1. The molecular formula is C23H17BrN4O2. The van der Waals surface area contributed by atoms with Gasteiger partial charge in [-0.05, 0) is 42.0 Å². The summed E-state index contributed by atoms with van der Waals surface area (Å²) in [6.45, 7) is 0. The third-order valence-corrected chi connectivity index (χ3v) is 5.77. The molecule has 1 aromatic heterocycles. The van der Waals surface area contributed by atoms with Gasteiger partial charge in [0, 0.05) is 10.0 Å². The summed E-state index contributed by atoms with van der Waals surface area (Å²) >= 11 is 3.46. The van der Waals surface area contributed by atoms with Gasteiger partial charge in [0.25, 0.3) is 11.8 Å². The van der Waals surface area contributed by atoms with Gasteiger partial charge in [-0.3, -0.25) is 19.5 Å². The molecule has 0 fully saturated rings. The van der Waals surface area contributed by atoms with Crippen LogP contribution in [-0.2, 0) is 4.79 Å². The maximum atomic E-state index is 13.1. The van der Waals surface area contributed by atoms with Crippen molar-refractivity contribution in [1.82, 2.24) is 14.9 Å². The number of para-hydroxylation sites is 2. The fourth-order valence-electron chi connectivity index (χ4n) is 3.85. The average Bonchev–Trinajstić information content (AvgIpc) is 3.13. The number of hydrogen-bond donors (Lipinski definition) is 2. The van der Waals surface area contributed by atoms with Gasteiger partial charge < -0.3 is 5.32 Å². The van der Waals surface area contributed by atoms with E-state index in [2.05, 4.69) is 31.5 Å². The molecule has 1 aliphatic rings. The van der Waals surface area contributed by atoms with Gasteiger partial charge in [0.1, 0.15) is 6.04 Å². The Labute approximate surface area is 181 Å². The van der Waals surface area contributed by atoms with Gasteiger partial charge in [-0.15, -0.1) is 0 Å². The van der Waals surface area contributed by atoms with Crippen molar-refractivity contribution in [3.8, 4) is 0 Å². The molecule has 0 aliphatic carbocycles. The van der Waals surface area contributed by atoms with Gasteiger partial charge in [-0.1, -0.05) is 58.4 Å². The van der Waals surface area contributed by atoms with Crippen molar-refractivity contribution < 1.29 is 9.59 Å². The molecule has 2 heterocycles. The zero-order valence-corrected chi connectivity index (χ0v) is 17.3. The molecule has 2 unspecified atom stereocenters. The zero-order valence-electron chi connectivity index (χ0n) is 15.7. The Hall–Kier alpha value is -3.45. The fourth-order valence-corrected chi connectivity index (χ4v) is 4.12. The summed E-state index contributed by atoms with van der Waals surface area (Å²) in [4.78, 5) is 30.5. The minimum absolute atomic E-state index is 0.296. The number of amides is 2. The van der Waals surface area contributed by atoms with E-state index in [9.17, 15) is 9.59 Å². The molecule has 2 atom stereocenters. The van der Waals surface area contributed by atoms with Crippen molar-refractivity contribution in [2.24, 2.45) is 0 Å². The van der Waals surface area contributed by atoms with Crippen LogP contribution in [0, 0.1) is 0 Å². The van der Waals surface area contributed by atoms with Gasteiger partial charge in [0.2, 0.25) is 5.95 Å². The lowest BCUT2D eigenvalue weighted by Crippen LogP contribution is -2.52. The highest BCUT2D eigenvalue weighted by Crippen LogP contribution is 2.35. The van der Waals surface area contributed by atoms with Gasteiger partial charge >= 0.3 is 0 Å². The number of rotatable bonds is 3. The largest absolute Gasteiger partial charge is 0.338 e. The van der Waals surface area contributed by atoms with Crippen LogP contribution >= 0.6 is 15.9 Å². The number of aromatic nitrogens is 2. The summed E-state index contributed by atoms with van der Waals surface area (Å²) in [5, 5.41) is 5.79. The number of nitrogens with one attached hydrogen (secondary N) is 2. The van der Waals surface area contributed by atoms with E-state index in [4.69, 9.17) is 0 Å². The Balaban J connectivity index is 1.64. The first-order chi connectivity index (χ1) is 14.6. The molecule has 2 N–H and O–H groups in total. The highest BCUT2D eigenvalue weighted by atomic mass is 79.9. The van der Waals surface area contributed by atoms with Crippen LogP contribution in [0.15, 0.2) is 83.3 Å². The molecule has 0 spiro atoms. The first-order valence-corrected chi connectivity index (χ1v) is 10.3. The predicted octanol–water partition coefficient (Wildman–Crippen LogP) is 4.14. The Morgan fingerprint density at radius 3 is 2.43 bits per heavy atom. The van der Waals surface area contributed by atoms with Crippen LogP contribution in [0.4, 0.5) is 5.95 Å². The smallest absolute Gasteiger partial charge is 0.251 e. The van der Waals surface area contributed by atoms with Gasteiger partial charge in [0.05, 0.1) is 17.1 Å². The van der Waals surface area contributed by atoms with Crippen LogP contribution in [0.1, 0.15) is 22.0 Å². The van der Waals surface area contributed by atoms with E-state index in [1.807, 2.05) is 59.2 Å². The lowest BCUT2D eigenvalue weighted by molar-refractivity contribution is -0.119. The van der Waals surface area contributed by atoms with E-state index in [1.54, 1.807) is 24.3 Å². The predicted molar refractivity (Wildman–Crippen MR) is 118 cm³/mol. The molecule has 6 nitrogen and oxygen atoms in total. The number of nitrogens with zero attached hydrogens (tertiary/aromatic N) is 2. The zero-order chi connectivity index (χ0) is 20.7. The molecule has 0 saturated heterocycles. The van der Waals surface area contributed by atoms with E-state index in [1.165, 1.54) is 0 Å². The summed E-state index contributed by atoms with van der Waals surface area (Å²) in [6, 6.07) is 23.1. The Kier molecular flexibility index (Phi) is 4.59. The maximum absolute atomic E-state index is 13.1. The molecule has 0 saturated carbocycles. The number of halogens is 1. The fraction of sp³-hybridized carbons (Fsp3) is 0.0870. The van der Waals surface area contributed by atoms with Crippen LogP contribution in [0.5, 0.6) is 0 Å². The molecule has 1 aliphatic heterocycles. The van der Waals surface area contributed by atoms with Gasteiger partial charge in [0.15, 0.2) is 0 Å². The number of hydrogen-bond acceptors (Lipinski definition) is 3. The molecule has 7 heteroatoms. The molecule has 5 rings (SSSR count). The monoisotopic (exact) mass is 460 g/mol. The van der Waals surface area contributed by atoms with Gasteiger partial charge in [-0.2, -0.15) is 0 Å². The summed E-state index contributed by atoms with van der Waals surface area (Å²) in [5.41, 5.74) is 3.07. The standard InChI is InChI=1S/C23H17BrN4O2/c24-16-12-10-14(11-13-16)20-19(26-21(29)15-6-2-1-3-7-15)22(30)27-23-25-17-8-4-5-9-18(17)28(20)23/h1-13,19-20H,(H,26,29)(H,25,27,30). The lowest BCUT2D eigenvalue weighted by atomic mass is 9.96. The van der Waals surface area contributed by atoms with E-state index in [0.29, 0.717) is 11.5 Å². The second kappa shape index (κ2) is 7.42. The number of fused-ring (bicyclic) bond motifs is 3. The summed E-state index contributed by atoms with van der Waals surface area (Å²) in [7, 11) is 0. The minimum Gasteiger partial charge on any atom is -0.338 e. The number of carbonyl (C=O) groups is 2. The van der Waals surface area contributed by atoms with Crippen LogP contribution in [0.2, 0.25) is 0 Å². The molecule has 0 bridgehead atoms. The molecule has 30 heavy (non-hydrogen) atoms. The highest BCUT2D eigenvalue weighted by molar-refractivity contribution is 9.10. The first kappa shape index (κ1) is 18.6. The number of carbonyl (C=O) groups excluding carboxylic acids is 2. The van der Waals surface area contributed by atoms with Crippen molar-refractivity contribution in [2.45, 2.75) is 12.1 Å². The molecule has 3 aromatic carbocycles. The normalized spacial score (nSPS) is 18.0. The summed E-state index contributed by atoms with van der Waals surface area (Å²) in [6.07, 6.45) is 0. The van der Waals surface area contributed by atoms with Crippen LogP contribution < -0.4 is 10.6 Å². The Morgan fingerprint density at radius 1 is 0.967 bits per heavy atom. The molecule has 4 aromatic rings. The number of benzene rings is 3. The maximum Gasteiger partial charge on any atom is 0.251 e. The van der Waals surface area contributed by atoms with Crippen molar-refractivity contribution in [1.29, 1.82) is 0 Å². The second-order valence-electron chi connectivity index (χ2n) is 7.10. The topological polar surface area (TPSA) is 76.0 Å². The summed E-state index contributed by atoms with van der Waals surface area (Å²) in [5.74, 6) is -0.125.